The van der Waals surface area contributed by atoms with E-state index in [1.165, 1.54) is 22.5 Å². The molecule has 1 fully saturated rings. The molecular formula is C21H26N2O2S. The molecule has 0 radical (unpaired) electrons. The number of carbonyl (C=O) groups is 2. The second-order valence-corrected chi connectivity index (χ2v) is 8.34. The van der Waals surface area contributed by atoms with Gasteiger partial charge in [0.25, 0.3) is 5.91 Å². The van der Waals surface area contributed by atoms with Crippen LogP contribution in [0.15, 0.2) is 41.8 Å². The van der Waals surface area contributed by atoms with Gasteiger partial charge in [-0.05, 0) is 35.4 Å². The van der Waals surface area contributed by atoms with E-state index in [-0.39, 0.29) is 23.7 Å². The summed E-state index contributed by atoms with van der Waals surface area (Å²) in [6, 6.07) is 11.9. The smallest absolute Gasteiger partial charge is 0.263 e. The number of carbonyl (C=O) groups excluding carboxylic acids is 2. The highest BCUT2D eigenvalue weighted by atomic mass is 32.1. The summed E-state index contributed by atoms with van der Waals surface area (Å²) in [4.78, 5) is 28.2. The molecule has 0 spiro atoms. The zero-order valence-electron chi connectivity index (χ0n) is 15.6. The van der Waals surface area contributed by atoms with Crippen LogP contribution in [0.25, 0.3) is 0 Å². The maximum absolute atomic E-state index is 12.9. The SMILES string of the molecule is Cc1ccccc1C1CN(C(=O)c2cccs2)CC1C(=O)NCC(C)C. The minimum absolute atomic E-state index is 0.0257. The lowest BCUT2D eigenvalue weighted by Gasteiger charge is -2.20. The largest absolute Gasteiger partial charge is 0.356 e. The molecule has 1 aromatic heterocycles. The molecule has 1 N–H and O–H groups in total. The van der Waals surface area contributed by atoms with Gasteiger partial charge in [0, 0.05) is 25.6 Å². The average molecular weight is 371 g/mol. The monoisotopic (exact) mass is 370 g/mol. The average Bonchev–Trinajstić information content (AvgIpc) is 3.29. The summed E-state index contributed by atoms with van der Waals surface area (Å²) in [5.74, 6) is 0.304. The number of aryl methyl sites for hydroxylation is 1. The van der Waals surface area contributed by atoms with E-state index in [0.29, 0.717) is 25.6 Å². The first-order valence-electron chi connectivity index (χ1n) is 9.13. The number of likely N-dealkylation sites (tertiary alicyclic amines) is 1. The van der Waals surface area contributed by atoms with Gasteiger partial charge in [-0.3, -0.25) is 9.59 Å². The van der Waals surface area contributed by atoms with E-state index < -0.39 is 0 Å². The number of rotatable bonds is 5. The molecule has 5 heteroatoms. The molecule has 0 bridgehead atoms. The van der Waals surface area contributed by atoms with Crippen LogP contribution < -0.4 is 5.32 Å². The van der Waals surface area contributed by atoms with Crippen molar-refractivity contribution in [2.75, 3.05) is 19.6 Å². The third-order valence-corrected chi connectivity index (χ3v) is 5.81. The maximum Gasteiger partial charge on any atom is 0.263 e. The second kappa shape index (κ2) is 8.04. The van der Waals surface area contributed by atoms with E-state index in [1.54, 1.807) is 0 Å². The predicted molar refractivity (Wildman–Crippen MR) is 105 cm³/mol. The molecule has 0 saturated carbocycles. The van der Waals surface area contributed by atoms with Crippen LogP contribution in [0.4, 0.5) is 0 Å². The first-order valence-corrected chi connectivity index (χ1v) is 10.0. The van der Waals surface area contributed by atoms with Crippen molar-refractivity contribution < 1.29 is 9.59 Å². The van der Waals surface area contributed by atoms with Gasteiger partial charge in [-0.2, -0.15) is 0 Å². The Balaban J connectivity index is 1.84. The molecule has 1 aromatic carbocycles. The molecule has 1 aliphatic rings. The standard InChI is InChI=1S/C21H26N2O2S/c1-14(2)11-22-20(24)18-13-23(21(25)19-9-6-10-26-19)12-17(18)16-8-5-4-7-15(16)3/h4-10,14,17-18H,11-13H2,1-3H3,(H,22,24). The van der Waals surface area contributed by atoms with E-state index in [0.717, 1.165) is 4.88 Å². The van der Waals surface area contributed by atoms with Crippen LogP contribution in [0.2, 0.25) is 0 Å². The van der Waals surface area contributed by atoms with Crippen molar-refractivity contribution in [2.24, 2.45) is 11.8 Å². The fourth-order valence-electron chi connectivity index (χ4n) is 3.55. The van der Waals surface area contributed by atoms with E-state index in [1.807, 2.05) is 34.5 Å². The summed E-state index contributed by atoms with van der Waals surface area (Å²) < 4.78 is 0. The van der Waals surface area contributed by atoms with Gasteiger partial charge in [-0.25, -0.2) is 0 Å². The number of nitrogens with one attached hydrogen (secondary N) is 1. The normalized spacial score (nSPS) is 19.8. The van der Waals surface area contributed by atoms with Crippen molar-refractivity contribution in [1.82, 2.24) is 10.2 Å². The second-order valence-electron chi connectivity index (χ2n) is 7.40. The first-order chi connectivity index (χ1) is 12.5. The van der Waals surface area contributed by atoms with Crippen LogP contribution in [-0.4, -0.2) is 36.3 Å². The predicted octanol–water partition coefficient (Wildman–Crippen LogP) is 3.68. The lowest BCUT2D eigenvalue weighted by atomic mass is 9.86. The van der Waals surface area contributed by atoms with Crippen molar-refractivity contribution >= 4 is 23.2 Å². The molecular weight excluding hydrogens is 344 g/mol. The van der Waals surface area contributed by atoms with Gasteiger partial charge in [-0.15, -0.1) is 11.3 Å². The minimum Gasteiger partial charge on any atom is -0.356 e. The molecule has 2 atom stereocenters. The number of hydrogen-bond acceptors (Lipinski definition) is 3. The summed E-state index contributed by atoms with van der Waals surface area (Å²) in [6.07, 6.45) is 0. The van der Waals surface area contributed by atoms with Crippen LogP contribution in [0.5, 0.6) is 0 Å². The number of thiophene rings is 1. The summed E-state index contributed by atoms with van der Waals surface area (Å²) >= 11 is 1.45. The molecule has 3 rings (SSSR count). The van der Waals surface area contributed by atoms with Crippen molar-refractivity contribution in [3.63, 3.8) is 0 Å². The van der Waals surface area contributed by atoms with Crippen molar-refractivity contribution in [3.05, 3.63) is 57.8 Å². The summed E-state index contributed by atoms with van der Waals surface area (Å²) in [5, 5.41) is 4.97. The lowest BCUT2D eigenvalue weighted by molar-refractivity contribution is -0.125. The zero-order chi connectivity index (χ0) is 18.7. The Morgan fingerprint density at radius 3 is 2.62 bits per heavy atom. The van der Waals surface area contributed by atoms with Crippen LogP contribution >= 0.6 is 11.3 Å². The molecule has 2 amide bonds. The molecule has 2 unspecified atom stereocenters. The van der Waals surface area contributed by atoms with Crippen molar-refractivity contribution in [3.8, 4) is 0 Å². The molecule has 26 heavy (non-hydrogen) atoms. The number of nitrogens with zero attached hydrogens (tertiary/aromatic N) is 1. The highest BCUT2D eigenvalue weighted by molar-refractivity contribution is 7.12. The van der Waals surface area contributed by atoms with E-state index >= 15 is 0 Å². The first kappa shape index (κ1) is 18.6. The van der Waals surface area contributed by atoms with Gasteiger partial charge < -0.3 is 10.2 Å². The van der Waals surface area contributed by atoms with Gasteiger partial charge in [0.2, 0.25) is 5.91 Å². The van der Waals surface area contributed by atoms with Gasteiger partial charge in [-0.1, -0.05) is 44.2 Å². The Morgan fingerprint density at radius 1 is 1.19 bits per heavy atom. The third-order valence-electron chi connectivity index (χ3n) is 4.95. The Bertz CT molecular complexity index is 770. The van der Waals surface area contributed by atoms with Gasteiger partial charge in [0.15, 0.2) is 0 Å². The maximum atomic E-state index is 12.9. The van der Waals surface area contributed by atoms with Crippen LogP contribution in [0.3, 0.4) is 0 Å². The molecule has 2 heterocycles. The fourth-order valence-corrected chi connectivity index (χ4v) is 4.24. The quantitative estimate of drug-likeness (QED) is 0.873. The van der Waals surface area contributed by atoms with Gasteiger partial charge in [0.05, 0.1) is 10.8 Å². The van der Waals surface area contributed by atoms with Gasteiger partial charge in [0.1, 0.15) is 0 Å². The van der Waals surface area contributed by atoms with Crippen LogP contribution in [-0.2, 0) is 4.79 Å². The third kappa shape index (κ3) is 3.98. The highest BCUT2D eigenvalue weighted by Crippen LogP contribution is 2.35. The Labute approximate surface area is 159 Å². The number of benzene rings is 1. The van der Waals surface area contributed by atoms with E-state index in [4.69, 9.17) is 0 Å². The molecule has 0 aliphatic carbocycles. The number of hydrogen-bond donors (Lipinski definition) is 1. The molecule has 1 aliphatic heterocycles. The lowest BCUT2D eigenvalue weighted by Crippen LogP contribution is -2.37. The van der Waals surface area contributed by atoms with Crippen molar-refractivity contribution in [2.45, 2.75) is 26.7 Å². The Morgan fingerprint density at radius 2 is 1.96 bits per heavy atom. The van der Waals surface area contributed by atoms with Gasteiger partial charge >= 0.3 is 0 Å². The van der Waals surface area contributed by atoms with Crippen molar-refractivity contribution in [1.29, 1.82) is 0 Å². The topological polar surface area (TPSA) is 49.4 Å². The van der Waals surface area contributed by atoms with Crippen LogP contribution in [0, 0.1) is 18.8 Å². The summed E-state index contributed by atoms with van der Waals surface area (Å²) in [7, 11) is 0. The number of amides is 2. The highest BCUT2D eigenvalue weighted by Gasteiger charge is 2.41. The molecule has 1 saturated heterocycles. The fraction of sp³-hybridized carbons (Fsp3) is 0.429. The molecule has 138 valence electrons. The Hall–Kier alpha value is -2.14. The summed E-state index contributed by atoms with van der Waals surface area (Å²) in [5.41, 5.74) is 2.34. The minimum atomic E-state index is -0.209. The Kier molecular flexibility index (Phi) is 5.77. The summed E-state index contributed by atoms with van der Waals surface area (Å²) in [6.45, 7) is 7.96. The molecule has 2 aromatic rings. The van der Waals surface area contributed by atoms with Crippen LogP contribution in [0.1, 0.15) is 40.6 Å². The zero-order valence-corrected chi connectivity index (χ0v) is 16.4. The van der Waals surface area contributed by atoms with E-state index in [9.17, 15) is 9.59 Å². The van der Waals surface area contributed by atoms with E-state index in [2.05, 4.69) is 38.2 Å². The molecule has 4 nitrogen and oxygen atoms in total.